The number of carbonyl (C=O) groups is 1. The lowest BCUT2D eigenvalue weighted by molar-refractivity contribution is -0.385. The smallest absolute Gasteiger partial charge is 0.276 e. The molecule has 2 aromatic carbocycles. The van der Waals surface area contributed by atoms with Crippen LogP contribution >= 0.6 is 11.6 Å². The van der Waals surface area contributed by atoms with Gasteiger partial charge < -0.3 is 10.1 Å². The molecule has 0 aliphatic carbocycles. The Bertz CT molecular complexity index is 985. The molecule has 1 amide bonds. The number of benzene rings is 2. The predicted molar refractivity (Wildman–Crippen MR) is 111 cm³/mol. The number of amides is 1. The normalized spacial score (nSPS) is 17.9. The maximum absolute atomic E-state index is 14.7. The van der Waals surface area contributed by atoms with Gasteiger partial charge in [0.05, 0.1) is 29.2 Å². The van der Waals surface area contributed by atoms with Crippen LogP contribution in [0.1, 0.15) is 34.5 Å². The van der Waals surface area contributed by atoms with E-state index in [-0.39, 0.29) is 34.4 Å². The molecule has 0 bridgehead atoms. The maximum atomic E-state index is 14.7. The lowest BCUT2D eigenvalue weighted by Gasteiger charge is -2.38. The summed E-state index contributed by atoms with van der Waals surface area (Å²) in [6.45, 7) is 4.56. The van der Waals surface area contributed by atoms with Gasteiger partial charge in [0.1, 0.15) is 11.6 Å². The Kier molecular flexibility index (Phi) is 7.19. The highest BCUT2D eigenvalue weighted by Crippen LogP contribution is 2.31. The van der Waals surface area contributed by atoms with Crippen LogP contribution in [0, 0.1) is 28.7 Å². The number of nitrogens with one attached hydrogen (secondary N) is 1. The Hall–Kier alpha value is -2.62. The monoisotopic (exact) mass is 453 g/mol. The van der Waals surface area contributed by atoms with Crippen molar-refractivity contribution < 1.29 is 23.2 Å². The highest BCUT2D eigenvalue weighted by atomic mass is 35.5. The minimum atomic E-state index is -0.852. The van der Waals surface area contributed by atoms with Gasteiger partial charge in [0.25, 0.3) is 11.6 Å². The first kappa shape index (κ1) is 23.1. The molecule has 1 fully saturated rings. The highest BCUT2D eigenvalue weighted by molar-refractivity contribution is 6.31. The molecular weight excluding hydrogens is 432 g/mol. The summed E-state index contributed by atoms with van der Waals surface area (Å²) >= 11 is 6.27. The van der Waals surface area contributed by atoms with Gasteiger partial charge >= 0.3 is 0 Å². The molecule has 1 heterocycles. The number of carbonyl (C=O) groups excluding carboxylic acids is 1. The molecule has 3 rings (SSSR count). The van der Waals surface area contributed by atoms with Crippen LogP contribution in [-0.4, -0.2) is 48.1 Å². The van der Waals surface area contributed by atoms with E-state index in [0.717, 1.165) is 12.1 Å². The van der Waals surface area contributed by atoms with Crippen LogP contribution in [0.3, 0.4) is 0 Å². The summed E-state index contributed by atoms with van der Waals surface area (Å²) in [7, 11) is 0. The Labute approximate surface area is 183 Å². The standard InChI is InChI=1S/C21H22ClF2N3O4/c1-12-11-26(6-7-31-12)19(20-15(22)4-3-5-16(20)23)10-25-21(28)14-8-17(24)13(2)18(9-14)27(29)30/h3-5,8-9,12,19H,6-7,10-11H2,1-2H3,(H,25,28). The van der Waals surface area contributed by atoms with Gasteiger partial charge in [0, 0.05) is 41.9 Å². The molecule has 31 heavy (non-hydrogen) atoms. The summed E-state index contributed by atoms with van der Waals surface area (Å²) in [6.07, 6.45) is -0.0913. The van der Waals surface area contributed by atoms with Crippen molar-refractivity contribution in [2.45, 2.75) is 26.0 Å². The fraction of sp³-hybridized carbons (Fsp3) is 0.381. The second-order valence-corrected chi connectivity index (χ2v) is 7.80. The predicted octanol–water partition coefficient (Wildman–Crippen LogP) is 4.03. The van der Waals surface area contributed by atoms with Crippen LogP contribution in [0.15, 0.2) is 30.3 Å². The average molecular weight is 454 g/mol. The summed E-state index contributed by atoms with van der Waals surface area (Å²) in [4.78, 5) is 25.0. The van der Waals surface area contributed by atoms with Crippen molar-refractivity contribution >= 4 is 23.2 Å². The summed E-state index contributed by atoms with van der Waals surface area (Å²) < 4.78 is 34.3. The van der Waals surface area contributed by atoms with Gasteiger partial charge in [-0.1, -0.05) is 17.7 Å². The van der Waals surface area contributed by atoms with E-state index in [4.69, 9.17) is 16.3 Å². The van der Waals surface area contributed by atoms with Crippen molar-refractivity contribution in [3.8, 4) is 0 Å². The molecule has 0 aromatic heterocycles. The lowest BCUT2D eigenvalue weighted by atomic mass is 10.0. The number of nitrogens with zero attached hydrogens (tertiary/aromatic N) is 2. The minimum Gasteiger partial charge on any atom is -0.376 e. The molecule has 0 saturated carbocycles. The SMILES string of the molecule is Cc1c(F)cc(C(=O)NCC(c2c(F)cccc2Cl)N2CCOC(C)C2)cc1[N+](=O)[O-]. The third-order valence-electron chi connectivity index (χ3n) is 5.28. The first-order valence-electron chi connectivity index (χ1n) is 9.71. The van der Waals surface area contributed by atoms with E-state index in [9.17, 15) is 23.7 Å². The first-order chi connectivity index (χ1) is 14.7. The molecule has 1 aliphatic rings. The number of nitro benzene ring substituents is 1. The zero-order valence-electron chi connectivity index (χ0n) is 17.0. The molecule has 2 atom stereocenters. The molecule has 1 aliphatic heterocycles. The third-order valence-corrected chi connectivity index (χ3v) is 5.61. The Morgan fingerprint density at radius 2 is 2.13 bits per heavy atom. The molecule has 1 saturated heterocycles. The lowest BCUT2D eigenvalue weighted by Crippen LogP contribution is -2.47. The zero-order chi connectivity index (χ0) is 22.7. The number of hydrogen-bond acceptors (Lipinski definition) is 5. The largest absolute Gasteiger partial charge is 0.376 e. The van der Waals surface area contributed by atoms with Gasteiger partial charge in [-0.25, -0.2) is 8.78 Å². The quantitative estimate of drug-likeness (QED) is 0.527. The Morgan fingerprint density at radius 1 is 1.39 bits per heavy atom. The van der Waals surface area contributed by atoms with Crippen molar-refractivity contribution in [3.05, 3.63) is 73.8 Å². The van der Waals surface area contributed by atoms with Gasteiger partial charge in [0.15, 0.2) is 0 Å². The van der Waals surface area contributed by atoms with E-state index in [1.54, 1.807) is 6.07 Å². The second-order valence-electron chi connectivity index (χ2n) is 7.40. The summed E-state index contributed by atoms with van der Waals surface area (Å²) in [5.41, 5.74) is -0.594. The molecule has 1 N–H and O–H groups in total. The number of rotatable bonds is 6. The Balaban J connectivity index is 1.87. The number of nitro groups is 1. The van der Waals surface area contributed by atoms with Crippen molar-refractivity contribution in [1.82, 2.24) is 10.2 Å². The number of ether oxygens (including phenoxy) is 1. The van der Waals surface area contributed by atoms with Crippen molar-refractivity contribution in [1.29, 1.82) is 0 Å². The minimum absolute atomic E-state index is 0.0322. The fourth-order valence-corrected chi connectivity index (χ4v) is 3.94. The van der Waals surface area contributed by atoms with Crippen LogP contribution in [0.2, 0.25) is 5.02 Å². The van der Waals surface area contributed by atoms with Crippen LogP contribution in [-0.2, 0) is 4.74 Å². The molecule has 0 spiro atoms. The first-order valence-corrected chi connectivity index (χ1v) is 10.1. The zero-order valence-corrected chi connectivity index (χ0v) is 17.8. The third kappa shape index (κ3) is 5.17. The fourth-order valence-electron chi connectivity index (χ4n) is 3.65. The van der Waals surface area contributed by atoms with Crippen molar-refractivity contribution in [2.75, 3.05) is 26.2 Å². The Morgan fingerprint density at radius 3 is 2.77 bits per heavy atom. The van der Waals surface area contributed by atoms with Gasteiger partial charge in [-0.15, -0.1) is 0 Å². The van der Waals surface area contributed by atoms with Gasteiger partial charge in [-0.2, -0.15) is 0 Å². The second kappa shape index (κ2) is 9.67. The van der Waals surface area contributed by atoms with Crippen LogP contribution in [0.4, 0.5) is 14.5 Å². The van der Waals surface area contributed by atoms with Crippen LogP contribution in [0.5, 0.6) is 0 Å². The number of morpholine rings is 1. The maximum Gasteiger partial charge on any atom is 0.276 e. The van der Waals surface area contributed by atoms with E-state index >= 15 is 0 Å². The number of halogens is 3. The summed E-state index contributed by atoms with van der Waals surface area (Å²) in [6, 6.07) is 5.72. The van der Waals surface area contributed by atoms with E-state index in [1.165, 1.54) is 19.1 Å². The molecule has 7 nitrogen and oxygen atoms in total. The summed E-state index contributed by atoms with van der Waals surface area (Å²) in [5.74, 6) is -2.07. The average Bonchev–Trinajstić information content (AvgIpc) is 2.71. The van der Waals surface area contributed by atoms with Crippen molar-refractivity contribution in [3.63, 3.8) is 0 Å². The van der Waals surface area contributed by atoms with E-state index in [2.05, 4.69) is 5.32 Å². The molecule has 166 valence electrons. The van der Waals surface area contributed by atoms with E-state index in [1.807, 2.05) is 11.8 Å². The van der Waals surface area contributed by atoms with Gasteiger partial charge in [0.2, 0.25) is 0 Å². The van der Waals surface area contributed by atoms with E-state index < -0.39 is 34.2 Å². The topological polar surface area (TPSA) is 84.7 Å². The molecule has 2 aromatic rings. The van der Waals surface area contributed by atoms with Gasteiger partial charge in [-0.3, -0.25) is 19.8 Å². The molecule has 0 radical (unpaired) electrons. The number of hydrogen-bond donors (Lipinski definition) is 1. The molecule has 2 unspecified atom stereocenters. The molecule has 10 heteroatoms. The van der Waals surface area contributed by atoms with Crippen LogP contribution in [0.25, 0.3) is 0 Å². The van der Waals surface area contributed by atoms with Crippen molar-refractivity contribution in [2.24, 2.45) is 0 Å². The highest BCUT2D eigenvalue weighted by Gasteiger charge is 2.30. The molecular formula is C21H22ClF2N3O4. The summed E-state index contributed by atoms with van der Waals surface area (Å²) in [5, 5.41) is 14.0. The van der Waals surface area contributed by atoms with Crippen LogP contribution < -0.4 is 5.32 Å². The van der Waals surface area contributed by atoms with E-state index in [0.29, 0.717) is 19.7 Å². The van der Waals surface area contributed by atoms with Gasteiger partial charge in [-0.05, 0) is 32.0 Å².